The van der Waals surface area contributed by atoms with E-state index in [9.17, 15) is 9.59 Å². The number of benzene rings is 1. The number of aromatic amines is 1. The third kappa shape index (κ3) is 3.61. The number of nitrogens with one attached hydrogen (secondary N) is 2. The number of carbonyl (C=O) groups excluding carboxylic acids is 2. The number of H-pyrrole nitrogens is 1. The molecule has 1 aromatic carbocycles. The van der Waals surface area contributed by atoms with Gasteiger partial charge in [0.05, 0.1) is 0 Å². The van der Waals surface area contributed by atoms with E-state index in [2.05, 4.69) is 10.3 Å². The van der Waals surface area contributed by atoms with Crippen molar-refractivity contribution in [2.75, 3.05) is 11.9 Å². The lowest BCUT2D eigenvalue weighted by molar-refractivity contribution is -0.119. The SMILES string of the molecule is Cc1cc(Cl)ccc1NC(=O)COC(=O)c1ccc[nH]1. The molecule has 0 spiro atoms. The van der Waals surface area contributed by atoms with Gasteiger partial charge in [-0.05, 0) is 42.8 Å². The molecule has 0 atom stereocenters. The second-order valence-electron chi connectivity index (χ2n) is 4.17. The molecule has 1 heterocycles. The minimum absolute atomic E-state index is 0.306. The van der Waals surface area contributed by atoms with Crippen LogP contribution in [0.5, 0.6) is 0 Å². The summed E-state index contributed by atoms with van der Waals surface area (Å²) in [5, 5.41) is 3.25. The maximum Gasteiger partial charge on any atom is 0.355 e. The Morgan fingerprint density at radius 1 is 1.35 bits per heavy atom. The second kappa shape index (κ2) is 6.25. The number of aryl methyl sites for hydroxylation is 1. The number of halogens is 1. The monoisotopic (exact) mass is 292 g/mol. The van der Waals surface area contributed by atoms with Gasteiger partial charge in [-0.25, -0.2) is 4.79 Å². The fourth-order valence-electron chi connectivity index (χ4n) is 1.62. The quantitative estimate of drug-likeness (QED) is 0.851. The topological polar surface area (TPSA) is 71.2 Å². The van der Waals surface area contributed by atoms with Crippen LogP contribution >= 0.6 is 11.6 Å². The van der Waals surface area contributed by atoms with Crippen LogP contribution in [0, 0.1) is 6.92 Å². The maximum absolute atomic E-state index is 11.7. The van der Waals surface area contributed by atoms with Crippen LogP contribution in [0.2, 0.25) is 5.02 Å². The number of hydrogen-bond donors (Lipinski definition) is 2. The Labute approximate surface area is 120 Å². The molecule has 2 N–H and O–H groups in total. The van der Waals surface area contributed by atoms with Gasteiger partial charge in [-0.1, -0.05) is 11.6 Å². The molecule has 0 aliphatic heterocycles. The first-order valence-electron chi connectivity index (χ1n) is 5.93. The third-order valence-corrected chi connectivity index (χ3v) is 2.85. The van der Waals surface area contributed by atoms with E-state index in [0.717, 1.165) is 5.56 Å². The van der Waals surface area contributed by atoms with Crippen LogP contribution < -0.4 is 5.32 Å². The molecule has 0 saturated carbocycles. The van der Waals surface area contributed by atoms with Gasteiger partial charge < -0.3 is 15.0 Å². The van der Waals surface area contributed by atoms with E-state index < -0.39 is 11.9 Å². The summed E-state index contributed by atoms with van der Waals surface area (Å²) in [4.78, 5) is 25.9. The molecule has 0 fully saturated rings. The molecule has 0 aliphatic rings. The summed E-state index contributed by atoms with van der Waals surface area (Å²) >= 11 is 5.83. The molecule has 0 aliphatic carbocycles. The summed E-state index contributed by atoms with van der Waals surface area (Å²) in [6.45, 7) is 1.48. The lowest BCUT2D eigenvalue weighted by Gasteiger charge is -2.08. The number of ether oxygens (including phenoxy) is 1. The zero-order chi connectivity index (χ0) is 14.5. The average Bonchev–Trinajstić information content (AvgIpc) is 2.93. The van der Waals surface area contributed by atoms with Crippen LogP contribution in [0.4, 0.5) is 5.69 Å². The highest BCUT2D eigenvalue weighted by molar-refractivity contribution is 6.30. The highest BCUT2D eigenvalue weighted by Gasteiger charge is 2.11. The Morgan fingerprint density at radius 2 is 2.15 bits per heavy atom. The molecule has 1 amide bonds. The van der Waals surface area contributed by atoms with Crippen molar-refractivity contribution in [2.45, 2.75) is 6.92 Å². The van der Waals surface area contributed by atoms with Crippen molar-refractivity contribution in [1.29, 1.82) is 0 Å². The molecule has 0 saturated heterocycles. The van der Waals surface area contributed by atoms with E-state index in [1.807, 2.05) is 6.92 Å². The minimum Gasteiger partial charge on any atom is -0.451 e. The van der Waals surface area contributed by atoms with Crippen LogP contribution in [-0.4, -0.2) is 23.5 Å². The van der Waals surface area contributed by atoms with Gasteiger partial charge in [-0.3, -0.25) is 4.79 Å². The molecule has 20 heavy (non-hydrogen) atoms. The molecule has 2 rings (SSSR count). The van der Waals surface area contributed by atoms with E-state index in [1.54, 1.807) is 36.5 Å². The third-order valence-electron chi connectivity index (χ3n) is 2.61. The second-order valence-corrected chi connectivity index (χ2v) is 4.60. The van der Waals surface area contributed by atoms with Crippen molar-refractivity contribution in [3.05, 3.63) is 52.8 Å². The predicted octanol–water partition coefficient (Wildman–Crippen LogP) is 2.77. The lowest BCUT2D eigenvalue weighted by Crippen LogP contribution is -2.21. The Morgan fingerprint density at radius 3 is 2.80 bits per heavy atom. The molecule has 104 valence electrons. The first-order chi connectivity index (χ1) is 9.56. The van der Waals surface area contributed by atoms with Gasteiger partial charge in [0.1, 0.15) is 5.69 Å². The Bertz CT molecular complexity index is 623. The highest BCUT2D eigenvalue weighted by Crippen LogP contribution is 2.19. The fraction of sp³-hybridized carbons (Fsp3) is 0.143. The minimum atomic E-state index is -0.571. The maximum atomic E-state index is 11.7. The fourth-order valence-corrected chi connectivity index (χ4v) is 1.85. The molecule has 2 aromatic rings. The van der Waals surface area contributed by atoms with Crippen LogP contribution in [0.15, 0.2) is 36.5 Å². The van der Waals surface area contributed by atoms with Crippen molar-refractivity contribution in [2.24, 2.45) is 0 Å². The summed E-state index contributed by atoms with van der Waals surface area (Å²) < 4.78 is 4.88. The smallest absolute Gasteiger partial charge is 0.355 e. The number of rotatable bonds is 4. The van der Waals surface area contributed by atoms with E-state index >= 15 is 0 Å². The van der Waals surface area contributed by atoms with Gasteiger partial charge in [-0.15, -0.1) is 0 Å². The molecule has 0 radical (unpaired) electrons. The molecular weight excluding hydrogens is 280 g/mol. The standard InChI is InChI=1S/C14H13ClN2O3/c1-9-7-10(15)4-5-11(9)17-13(18)8-20-14(19)12-3-2-6-16-12/h2-7,16H,8H2,1H3,(H,17,18). The molecule has 6 heteroatoms. The highest BCUT2D eigenvalue weighted by atomic mass is 35.5. The van der Waals surface area contributed by atoms with Crippen LogP contribution in [0.1, 0.15) is 16.1 Å². The molecular formula is C14H13ClN2O3. The number of esters is 1. The Kier molecular flexibility index (Phi) is 4.42. The van der Waals surface area contributed by atoms with Gasteiger partial charge >= 0.3 is 5.97 Å². The number of carbonyl (C=O) groups is 2. The zero-order valence-corrected chi connectivity index (χ0v) is 11.5. The van der Waals surface area contributed by atoms with Crippen molar-refractivity contribution in [3.63, 3.8) is 0 Å². The van der Waals surface area contributed by atoms with E-state index in [1.165, 1.54) is 0 Å². The summed E-state index contributed by atoms with van der Waals surface area (Å²) in [6.07, 6.45) is 1.60. The first kappa shape index (κ1) is 14.1. The van der Waals surface area contributed by atoms with Crippen molar-refractivity contribution < 1.29 is 14.3 Å². The number of hydrogen-bond acceptors (Lipinski definition) is 3. The number of amides is 1. The van der Waals surface area contributed by atoms with E-state index in [4.69, 9.17) is 16.3 Å². The van der Waals surface area contributed by atoms with Crippen molar-refractivity contribution in [3.8, 4) is 0 Å². The largest absolute Gasteiger partial charge is 0.451 e. The van der Waals surface area contributed by atoms with Crippen molar-refractivity contribution >= 4 is 29.2 Å². The van der Waals surface area contributed by atoms with Gasteiger partial charge in [-0.2, -0.15) is 0 Å². The van der Waals surface area contributed by atoms with E-state index in [-0.39, 0.29) is 6.61 Å². The molecule has 0 bridgehead atoms. The predicted molar refractivity (Wildman–Crippen MR) is 75.9 cm³/mol. The Balaban J connectivity index is 1.88. The Hall–Kier alpha value is -2.27. The summed E-state index contributed by atoms with van der Waals surface area (Å²) in [7, 11) is 0. The van der Waals surface area contributed by atoms with Crippen LogP contribution in [-0.2, 0) is 9.53 Å². The van der Waals surface area contributed by atoms with Gasteiger partial charge in [0.15, 0.2) is 6.61 Å². The first-order valence-corrected chi connectivity index (χ1v) is 6.30. The number of aromatic nitrogens is 1. The summed E-state index contributed by atoms with van der Waals surface area (Å²) in [5.41, 5.74) is 1.78. The zero-order valence-electron chi connectivity index (χ0n) is 10.8. The van der Waals surface area contributed by atoms with E-state index in [0.29, 0.717) is 16.4 Å². The molecule has 1 aromatic heterocycles. The molecule has 5 nitrogen and oxygen atoms in total. The summed E-state index contributed by atoms with van der Waals surface area (Å²) in [5.74, 6) is -0.978. The van der Waals surface area contributed by atoms with Gasteiger partial charge in [0.2, 0.25) is 0 Å². The summed E-state index contributed by atoms with van der Waals surface area (Å²) in [6, 6.07) is 8.36. The van der Waals surface area contributed by atoms with Gasteiger partial charge in [0.25, 0.3) is 5.91 Å². The van der Waals surface area contributed by atoms with Crippen LogP contribution in [0.3, 0.4) is 0 Å². The lowest BCUT2D eigenvalue weighted by atomic mass is 10.2. The molecule has 0 unspecified atom stereocenters. The average molecular weight is 293 g/mol. The normalized spacial score (nSPS) is 10.1. The number of anilines is 1. The van der Waals surface area contributed by atoms with Crippen LogP contribution in [0.25, 0.3) is 0 Å². The van der Waals surface area contributed by atoms with Crippen molar-refractivity contribution in [1.82, 2.24) is 4.98 Å². The van der Waals surface area contributed by atoms with Gasteiger partial charge in [0, 0.05) is 16.9 Å².